The van der Waals surface area contributed by atoms with Crippen LogP contribution in [0.5, 0.6) is 11.5 Å². The van der Waals surface area contributed by atoms with Crippen LogP contribution in [0.1, 0.15) is 11.1 Å². The Labute approximate surface area is 170 Å². The fraction of sp³-hybridized carbons (Fsp3) is 0.0833. The number of nitrogens with one attached hydrogen (secondary N) is 2. The molecule has 0 aliphatic rings. The zero-order valence-corrected chi connectivity index (χ0v) is 16.3. The molecule has 0 unspecified atom stereocenters. The number of para-hydroxylation sites is 1. The average molecular weight is 383 g/mol. The minimum Gasteiger partial charge on any atom is -0.457 e. The van der Waals surface area contributed by atoms with Gasteiger partial charge < -0.3 is 15.4 Å². The van der Waals surface area contributed by atoms with E-state index in [0.717, 1.165) is 22.6 Å². The number of aryl methyl sites for hydroxylation is 1. The van der Waals surface area contributed by atoms with Crippen LogP contribution in [0.3, 0.4) is 0 Å². The van der Waals surface area contributed by atoms with Crippen LogP contribution in [-0.4, -0.2) is 5.91 Å². The maximum Gasteiger partial charge on any atom is 0.267 e. The highest BCUT2D eigenvalue weighted by Gasteiger charge is 2.11. The van der Waals surface area contributed by atoms with Crippen LogP contribution in [0.4, 0.5) is 11.4 Å². The Bertz CT molecular complexity index is 1070. The number of hydrogen-bond acceptors (Lipinski definition) is 4. The monoisotopic (exact) mass is 383 g/mol. The van der Waals surface area contributed by atoms with E-state index >= 15 is 0 Å². The first-order chi connectivity index (χ1) is 14.1. The van der Waals surface area contributed by atoms with Crippen molar-refractivity contribution in [3.8, 4) is 17.6 Å². The molecule has 0 radical (unpaired) electrons. The smallest absolute Gasteiger partial charge is 0.267 e. The highest BCUT2D eigenvalue weighted by molar-refractivity contribution is 6.07. The lowest BCUT2D eigenvalue weighted by Gasteiger charge is -2.10. The van der Waals surface area contributed by atoms with Crippen molar-refractivity contribution in [2.24, 2.45) is 0 Å². The third-order valence-corrected chi connectivity index (χ3v) is 4.43. The second-order valence-corrected chi connectivity index (χ2v) is 6.46. The third kappa shape index (κ3) is 5.24. The van der Waals surface area contributed by atoms with Gasteiger partial charge in [0.15, 0.2) is 0 Å². The van der Waals surface area contributed by atoms with Crippen molar-refractivity contribution < 1.29 is 9.53 Å². The van der Waals surface area contributed by atoms with E-state index in [2.05, 4.69) is 10.6 Å². The van der Waals surface area contributed by atoms with Gasteiger partial charge in [0, 0.05) is 17.6 Å². The Morgan fingerprint density at radius 2 is 1.62 bits per heavy atom. The first-order valence-electron chi connectivity index (χ1n) is 9.14. The molecule has 3 aromatic carbocycles. The molecule has 0 aromatic heterocycles. The molecule has 2 N–H and O–H groups in total. The number of carbonyl (C=O) groups excluding carboxylic acids is 1. The van der Waals surface area contributed by atoms with Crippen molar-refractivity contribution in [1.29, 1.82) is 5.26 Å². The number of nitriles is 1. The molecule has 0 saturated heterocycles. The molecular weight excluding hydrogens is 362 g/mol. The highest BCUT2D eigenvalue weighted by Crippen LogP contribution is 2.23. The van der Waals surface area contributed by atoms with Gasteiger partial charge in [0.05, 0.1) is 0 Å². The largest absolute Gasteiger partial charge is 0.457 e. The van der Waals surface area contributed by atoms with Gasteiger partial charge in [-0.3, -0.25) is 4.79 Å². The number of carbonyl (C=O) groups is 1. The van der Waals surface area contributed by atoms with Gasteiger partial charge in [-0.15, -0.1) is 0 Å². The fourth-order valence-corrected chi connectivity index (χ4v) is 2.62. The molecule has 0 bridgehead atoms. The van der Waals surface area contributed by atoms with E-state index in [1.807, 2.05) is 92.7 Å². The predicted octanol–water partition coefficient (Wildman–Crippen LogP) is 5.55. The topological polar surface area (TPSA) is 74.2 Å². The maximum absolute atomic E-state index is 12.4. The van der Waals surface area contributed by atoms with E-state index < -0.39 is 5.91 Å². The van der Waals surface area contributed by atoms with Crippen molar-refractivity contribution >= 4 is 17.3 Å². The minimum absolute atomic E-state index is 0.0180. The number of hydrogen-bond donors (Lipinski definition) is 2. The van der Waals surface area contributed by atoms with E-state index in [-0.39, 0.29) is 5.57 Å². The normalized spacial score (nSPS) is 10.7. The number of ether oxygens (including phenoxy) is 1. The second-order valence-electron chi connectivity index (χ2n) is 6.46. The number of nitrogens with zero attached hydrogens (tertiary/aromatic N) is 1. The van der Waals surface area contributed by atoms with Crippen molar-refractivity contribution in [1.82, 2.24) is 0 Å². The Hall–Kier alpha value is -4.04. The SMILES string of the molecule is Cc1cccc(NC(=O)/C(C#N)=C\Nc2ccc(Oc3ccccc3)cc2)c1C. The Kier molecular flexibility index (Phi) is 6.29. The molecule has 0 aliphatic heterocycles. The number of anilines is 2. The van der Waals surface area contributed by atoms with Gasteiger partial charge in [0.1, 0.15) is 23.1 Å². The van der Waals surface area contributed by atoms with Crippen molar-refractivity contribution in [3.63, 3.8) is 0 Å². The van der Waals surface area contributed by atoms with Gasteiger partial charge >= 0.3 is 0 Å². The first kappa shape index (κ1) is 19.7. The summed E-state index contributed by atoms with van der Waals surface area (Å²) in [5, 5.41) is 15.1. The van der Waals surface area contributed by atoms with Crippen LogP contribution in [0.2, 0.25) is 0 Å². The lowest BCUT2D eigenvalue weighted by atomic mass is 10.1. The van der Waals surface area contributed by atoms with Crippen LogP contribution < -0.4 is 15.4 Å². The van der Waals surface area contributed by atoms with Gasteiger partial charge in [0.25, 0.3) is 5.91 Å². The fourth-order valence-electron chi connectivity index (χ4n) is 2.62. The molecule has 3 rings (SSSR count). The Morgan fingerprint density at radius 3 is 2.31 bits per heavy atom. The summed E-state index contributed by atoms with van der Waals surface area (Å²) in [5.41, 5.74) is 3.45. The molecule has 3 aromatic rings. The lowest BCUT2D eigenvalue weighted by Crippen LogP contribution is -2.15. The maximum atomic E-state index is 12.4. The van der Waals surface area contributed by atoms with E-state index in [1.54, 1.807) is 0 Å². The Morgan fingerprint density at radius 1 is 0.931 bits per heavy atom. The quantitative estimate of drug-likeness (QED) is 0.432. The molecule has 0 aliphatic carbocycles. The van der Waals surface area contributed by atoms with E-state index in [9.17, 15) is 10.1 Å². The molecule has 5 nitrogen and oxygen atoms in total. The molecule has 5 heteroatoms. The van der Waals surface area contributed by atoms with Crippen molar-refractivity contribution in [2.45, 2.75) is 13.8 Å². The highest BCUT2D eigenvalue weighted by atomic mass is 16.5. The first-order valence-corrected chi connectivity index (χ1v) is 9.14. The zero-order chi connectivity index (χ0) is 20.6. The van der Waals surface area contributed by atoms with Crippen molar-refractivity contribution in [2.75, 3.05) is 10.6 Å². The number of amides is 1. The summed E-state index contributed by atoms with van der Waals surface area (Å²) in [4.78, 5) is 12.4. The molecule has 0 atom stereocenters. The molecule has 0 spiro atoms. The standard InChI is InChI=1S/C24H21N3O2/c1-17-7-6-10-23(18(17)2)27-24(28)19(15-25)16-26-20-11-13-22(14-12-20)29-21-8-4-3-5-9-21/h3-14,16,26H,1-2H3,(H,27,28)/b19-16-. The average Bonchev–Trinajstić information content (AvgIpc) is 2.74. The summed E-state index contributed by atoms with van der Waals surface area (Å²) in [6.45, 7) is 3.90. The lowest BCUT2D eigenvalue weighted by molar-refractivity contribution is -0.112. The summed E-state index contributed by atoms with van der Waals surface area (Å²) >= 11 is 0. The summed E-state index contributed by atoms with van der Waals surface area (Å²) in [5.74, 6) is 0.986. The summed E-state index contributed by atoms with van der Waals surface area (Å²) in [6.07, 6.45) is 1.40. The van der Waals surface area contributed by atoms with Crippen LogP contribution >= 0.6 is 0 Å². The van der Waals surface area contributed by atoms with Crippen LogP contribution in [-0.2, 0) is 4.79 Å². The van der Waals surface area contributed by atoms with Gasteiger partial charge in [-0.05, 0) is 67.4 Å². The molecule has 144 valence electrons. The summed E-state index contributed by atoms with van der Waals surface area (Å²) < 4.78 is 5.75. The molecule has 0 saturated carbocycles. The predicted molar refractivity (Wildman–Crippen MR) is 115 cm³/mol. The van der Waals surface area contributed by atoms with Crippen LogP contribution in [0.25, 0.3) is 0 Å². The van der Waals surface area contributed by atoms with Gasteiger partial charge in [-0.1, -0.05) is 30.3 Å². The van der Waals surface area contributed by atoms with Crippen molar-refractivity contribution in [3.05, 3.63) is 95.7 Å². The van der Waals surface area contributed by atoms with Crippen LogP contribution in [0.15, 0.2) is 84.6 Å². The van der Waals surface area contributed by atoms with Crippen LogP contribution in [0, 0.1) is 25.2 Å². The third-order valence-electron chi connectivity index (χ3n) is 4.43. The van der Waals surface area contributed by atoms with Gasteiger partial charge in [0.2, 0.25) is 0 Å². The Balaban J connectivity index is 1.64. The molecule has 0 heterocycles. The summed E-state index contributed by atoms with van der Waals surface area (Å²) in [6, 6.07) is 24.3. The van der Waals surface area contributed by atoms with E-state index in [0.29, 0.717) is 11.4 Å². The van der Waals surface area contributed by atoms with Gasteiger partial charge in [-0.25, -0.2) is 0 Å². The molecule has 29 heavy (non-hydrogen) atoms. The van der Waals surface area contributed by atoms with E-state index in [4.69, 9.17) is 4.74 Å². The zero-order valence-electron chi connectivity index (χ0n) is 16.3. The second kappa shape index (κ2) is 9.25. The molecular formula is C24H21N3O2. The summed E-state index contributed by atoms with van der Waals surface area (Å²) in [7, 11) is 0. The minimum atomic E-state index is -0.460. The molecule has 1 amide bonds. The van der Waals surface area contributed by atoms with E-state index in [1.165, 1.54) is 6.20 Å². The molecule has 0 fully saturated rings. The van der Waals surface area contributed by atoms with Gasteiger partial charge in [-0.2, -0.15) is 5.26 Å². The number of benzene rings is 3. The number of rotatable bonds is 6.